The van der Waals surface area contributed by atoms with Gasteiger partial charge in [-0.15, -0.1) is 22.9 Å². The zero-order chi connectivity index (χ0) is 10.7. The number of hydrogen-bond donors (Lipinski definition) is 1. The Bertz CT molecular complexity index is 362. The fourth-order valence-electron chi connectivity index (χ4n) is 0.698. The van der Waals surface area contributed by atoms with Crippen molar-refractivity contribution >= 4 is 39.8 Å². The van der Waals surface area contributed by atoms with Gasteiger partial charge in [0.25, 0.3) is 0 Å². The molecule has 0 bridgehead atoms. The standard InChI is InChI=1S/C8H9ClN2O2S/c1-4(9)7(13)11-8-10-6(3-14-8)5(2)12/h3-4H,1-2H3,(H,10,11,13). The van der Waals surface area contributed by atoms with E-state index in [1.807, 2.05) is 0 Å². The number of carbonyl (C=O) groups is 2. The van der Waals surface area contributed by atoms with Gasteiger partial charge >= 0.3 is 0 Å². The van der Waals surface area contributed by atoms with Crippen molar-refractivity contribution in [1.82, 2.24) is 4.98 Å². The monoisotopic (exact) mass is 232 g/mol. The molecule has 0 aliphatic carbocycles. The summed E-state index contributed by atoms with van der Waals surface area (Å²) in [7, 11) is 0. The molecule has 0 aromatic carbocycles. The van der Waals surface area contributed by atoms with Gasteiger partial charge in [0, 0.05) is 12.3 Å². The van der Waals surface area contributed by atoms with E-state index in [1.165, 1.54) is 18.3 Å². The number of anilines is 1. The van der Waals surface area contributed by atoms with Crippen molar-refractivity contribution in [2.45, 2.75) is 19.2 Å². The molecule has 0 spiro atoms. The Labute approximate surface area is 90.3 Å². The summed E-state index contributed by atoms with van der Waals surface area (Å²) >= 11 is 6.75. The summed E-state index contributed by atoms with van der Waals surface area (Å²) in [6.07, 6.45) is 0. The number of nitrogens with zero attached hydrogens (tertiary/aromatic N) is 1. The number of rotatable bonds is 3. The molecule has 14 heavy (non-hydrogen) atoms. The number of thiazole rings is 1. The zero-order valence-electron chi connectivity index (χ0n) is 7.70. The number of alkyl halides is 1. The molecule has 0 radical (unpaired) electrons. The largest absolute Gasteiger partial charge is 0.301 e. The van der Waals surface area contributed by atoms with Gasteiger partial charge in [0.2, 0.25) is 5.91 Å². The lowest BCUT2D eigenvalue weighted by Crippen LogP contribution is -2.20. The molecule has 1 unspecified atom stereocenters. The summed E-state index contributed by atoms with van der Waals surface area (Å²) in [5, 5.41) is 3.88. The van der Waals surface area contributed by atoms with Crippen molar-refractivity contribution in [3.8, 4) is 0 Å². The molecule has 4 nitrogen and oxygen atoms in total. The first-order chi connectivity index (χ1) is 6.50. The molecule has 1 amide bonds. The van der Waals surface area contributed by atoms with E-state index < -0.39 is 5.38 Å². The predicted octanol–water partition coefficient (Wildman–Crippen LogP) is 1.91. The Morgan fingerprint density at radius 1 is 1.64 bits per heavy atom. The van der Waals surface area contributed by atoms with Crippen molar-refractivity contribution in [2.24, 2.45) is 0 Å². The third kappa shape index (κ3) is 2.78. The summed E-state index contributed by atoms with van der Waals surface area (Å²) in [4.78, 5) is 25.9. The number of nitrogens with one attached hydrogen (secondary N) is 1. The van der Waals surface area contributed by atoms with E-state index >= 15 is 0 Å². The summed E-state index contributed by atoms with van der Waals surface area (Å²) in [6.45, 7) is 2.99. The maximum atomic E-state index is 11.1. The highest BCUT2D eigenvalue weighted by atomic mass is 35.5. The van der Waals surface area contributed by atoms with Gasteiger partial charge in [-0.2, -0.15) is 0 Å². The van der Waals surface area contributed by atoms with E-state index in [2.05, 4.69) is 10.3 Å². The van der Waals surface area contributed by atoms with Crippen LogP contribution < -0.4 is 5.32 Å². The molecule has 0 fully saturated rings. The quantitative estimate of drug-likeness (QED) is 0.640. The number of hydrogen-bond acceptors (Lipinski definition) is 4. The van der Waals surface area contributed by atoms with Crippen LogP contribution in [0.4, 0.5) is 5.13 Å². The summed E-state index contributed by atoms with van der Waals surface area (Å²) in [5.74, 6) is -0.447. The lowest BCUT2D eigenvalue weighted by atomic mass is 10.4. The Kier molecular flexibility index (Phi) is 3.60. The average Bonchev–Trinajstić information content (AvgIpc) is 2.52. The highest BCUT2D eigenvalue weighted by Gasteiger charge is 2.12. The minimum atomic E-state index is -0.611. The highest BCUT2D eigenvalue weighted by molar-refractivity contribution is 7.14. The lowest BCUT2D eigenvalue weighted by Gasteiger charge is -2.01. The summed E-state index contributed by atoms with van der Waals surface area (Å²) in [5.41, 5.74) is 0.354. The molecule has 1 aromatic heterocycles. The highest BCUT2D eigenvalue weighted by Crippen LogP contribution is 2.16. The molecule has 1 rings (SSSR count). The maximum Gasteiger partial charge on any atom is 0.243 e. The maximum absolute atomic E-state index is 11.1. The van der Waals surface area contributed by atoms with Crippen molar-refractivity contribution in [1.29, 1.82) is 0 Å². The van der Waals surface area contributed by atoms with Gasteiger partial charge in [0.05, 0.1) is 0 Å². The van der Waals surface area contributed by atoms with Crippen molar-refractivity contribution in [3.05, 3.63) is 11.1 Å². The predicted molar refractivity (Wildman–Crippen MR) is 56.1 cm³/mol. The summed E-state index contributed by atoms with van der Waals surface area (Å²) < 4.78 is 0. The Hall–Kier alpha value is -0.940. The van der Waals surface area contributed by atoms with Gasteiger partial charge in [-0.3, -0.25) is 9.59 Å². The Morgan fingerprint density at radius 2 is 2.29 bits per heavy atom. The molecule has 76 valence electrons. The molecule has 0 aliphatic rings. The lowest BCUT2D eigenvalue weighted by molar-refractivity contribution is -0.115. The third-order valence-corrected chi connectivity index (χ3v) is 2.41. The number of Topliss-reactive ketones (excluding diaryl/α,β-unsaturated/α-hetero) is 1. The molecule has 1 aromatic rings. The van der Waals surface area contributed by atoms with E-state index in [0.29, 0.717) is 10.8 Å². The molecule has 6 heteroatoms. The van der Waals surface area contributed by atoms with E-state index in [1.54, 1.807) is 12.3 Å². The molecular weight excluding hydrogens is 224 g/mol. The third-order valence-electron chi connectivity index (χ3n) is 1.46. The van der Waals surface area contributed by atoms with Crippen LogP contribution in [0.25, 0.3) is 0 Å². The molecule has 1 N–H and O–H groups in total. The van der Waals surface area contributed by atoms with Crippen LogP contribution in [0, 0.1) is 0 Å². The van der Waals surface area contributed by atoms with Crippen molar-refractivity contribution in [3.63, 3.8) is 0 Å². The Balaban J connectivity index is 2.69. The van der Waals surface area contributed by atoms with Crippen LogP contribution in [-0.4, -0.2) is 22.1 Å². The van der Waals surface area contributed by atoms with Crippen LogP contribution in [0.15, 0.2) is 5.38 Å². The van der Waals surface area contributed by atoms with Crippen LogP contribution >= 0.6 is 22.9 Å². The van der Waals surface area contributed by atoms with Gasteiger partial charge in [-0.25, -0.2) is 4.98 Å². The number of aromatic nitrogens is 1. The number of amides is 1. The second-order valence-electron chi connectivity index (χ2n) is 2.70. The van der Waals surface area contributed by atoms with Gasteiger partial charge in [-0.1, -0.05) is 0 Å². The fraction of sp³-hybridized carbons (Fsp3) is 0.375. The van der Waals surface area contributed by atoms with Crippen LogP contribution in [-0.2, 0) is 4.79 Å². The van der Waals surface area contributed by atoms with E-state index in [0.717, 1.165) is 0 Å². The molecule has 1 heterocycles. The molecular formula is C8H9ClN2O2S. The van der Waals surface area contributed by atoms with Crippen molar-refractivity contribution in [2.75, 3.05) is 5.32 Å². The van der Waals surface area contributed by atoms with Crippen LogP contribution in [0.3, 0.4) is 0 Å². The average molecular weight is 233 g/mol. The van der Waals surface area contributed by atoms with E-state index in [4.69, 9.17) is 11.6 Å². The number of halogens is 1. The van der Waals surface area contributed by atoms with Crippen molar-refractivity contribution < 1.29 is 9.59 Å². The molecule has 0 saturated heterocycles. The first kappa shape index (κ1) is 11.1. The second-order valence-corrected chi connectivity index (χ2v) is 4.21. The number of carbonyl (C=O) groups excluding carboxylic acids is 2. The first-order valence-electron chi connectivity index (χ1n) is 3.92. The van der Waals surface area contributed by atoms with Gasteiger partial charge in [0.15, 0.2) is 10.9 Å². The van der Waals surface area contributed by atoms with E-state index in [9.17, 15) is 9.59 Å². The van der Waals surface area contributed by atoms with Gasteiger partial charge in [0.1, 0.15) is 11.1 Å². The Morgan fingerprint density at radius 3 is 2.71 bits per heavy atom. The minimum Gasteiger partial charge on any atom is -0.301 e. The molecule has 1 atom stereocenters. The normalized spacial score (nSPS) is 12.2. The van der Waals surface area contributed by atoms with Crippen LogP contribution in [0.1, 0.15) is 24.3 Å². The minimum absolute atomic E-state index is 0.124. The summed E-state index contributed by atoms with van der Waals surface area (Å²) in [6, 6.07) is 0. The number of ketones is 1. The molecule has 0 saturated carbocycles. The van der Waals surface area contributed by atoms with Gasteiger partial charge < -0.3 is 5.32 Å². The van der Waals surface area contributed by atoms with Crippen LogP contribution in [0.5, 0.6) is 0 Å². The SMILES string of the molecule is CC(=O)c1csc(NC(=O)C(C)Cl)n1. The zero-order valence-corrected chi connectivity index (χ0v) is 9.28. The first-order valence-corrected chi connectivity index (χ1v) is 5.23. The van der Waals surface area contributed by atoms with E-state index in [-0.39, 0.29) is 11.7 Å². The van der Waals surface area contributed by atoms with Crippen LogP contribution in [0.2, 0.25) is 0 Å². The topological polar surface area (TPSA) is 59.1 Å². The second kappa shape index (κ2) is 4.52. The fourth-order valence-corrected chi connectivity index (χ4v) is 1.50. The smallest absolute Gasteiger partial charge is 0.243 e. The molecule has 0 aliphatic heterocycles. The van der Waals surface area contributed by atoms with Gasteiger partial charge in [-0.05, 0) is 6.92 Å².